The van der Waals surface area contributed by atoms with Crippen molar-refractivity contribution in [3.8, 4) is 0 Å². The quantitative estimate of drug-likeness (QED) is 0.128. The second-order valence-corrected chi connectivity index (χ2v) is 11.3. The van der Waals surface area contributed by atoms with Crippen molar-refractivity contribution in [1.82, 2.24) is 19.5 Å². The number of hydrogen-bond donors (Lipinski definition) is 9. The molecule has 2 aliphatic heterocycles. The Hall–Kier alpha value is -1.87. The number of phosphoric ester groups is 2. The summed E-state index contributed by atoms with van der Waals surface area (Å²) < 4.78 is 49.4. The van der Waals surface area contributed by atoms with E-state index in [2.05, 4.69) is 28.3 Å². The van der Waals surface area contributed by atoms with Crippen LogP contribution in [0.2, 0.25) is 0 Å². The molecule has 0 aromatic carbocycles. The van der Waals surface area contributed by atoms with Gasteiger partial charge in [0.1, 0.15) is 30.5 Å². The number of aliphatic hydroxyl groups is 5. The Morgan fingerprint density at radius 3 is 2.50 bits per heavy atom. The first-order valence-corrected chi connectivity index (χ1v) is 13.8. The number of nitrogens with two attached hydrogens (primary N) is 1. The van der Waals surface area contributed by atoms with Gasteiger partial charge < -0.3 is 50.5 Å². The fourth-order valence-electron chi connectivity index (χ4n) is 3.85. The lowest BCUT2D eigenvalue weighted by Crippen LogP contribution is -2.50. The maximum Gasteiger partial charge on any atom is 0.483 e. The smallest absolute Gasteiger partial charge is 0.394 e. The molecule has 0 radical (unpaired) electrons. The lowest BCUT2D eigenvalue weighted by Gasteiger charge is -2.36. The SMILES string of the molecule is Nc1nc2c(ncn2[C@H]2O[C@@H](COP(=O)(O)OP(=O)(O)O[C@H]3C[C@@H](O)[C@H](O)[C@@H](CO)O3)[C@H](O)[C@@H]2O)c(=O)[nH]1. The topological polar surface area (TPSA) is 311 Å². The van der Waals surface area contributed by atoms with Gasteiger partial charge in [-0.25, -0.2) is 14.1 Å². The van der Waals surface area contributed by atoms with Crippen molar-refractivity contribution in [3.05, 3.63) is 16.7 Å². The van der Waals surface area contributed by atoms with Crippen molar-refractivity contribution in [1.29, 1.82) is 0 Å². The normalized spacial score (nSPS) is 35.2. The van der Waals surface area contributed by atoms with Crippen LogP contribution in [-0.2, 0) is 32.0 Å². The molecule has 2 aromatic rings. The molecule has 0 bridgehead atoms. The third kappa shape index (κ3) is 6.14. The molecule has 2 saturated heterocycles. The lowest BCUT2D eigenvalue weighted by atomic mass is 10.0. The zero-order chi connectivity index (χ0) is 28.0. The summed E-state index contributed by atoms with van der Waals surface area (Å²) in [6.07, 6.45) is -11.8. The van der Waals surface area contributed by atoms with E-state index in [0.717, 1.165) is 10.9 Å². The van der Waals surface area contributed by atoms with Crippen molar-refractivity contribution < 1.29 is 67.3 Å². The number of phosphoric acid groups is 2. The third-order valence-corrected chi connectivity index (χ3v) is 8.26. The first-order chi connectivity index (χ1) is 17.7. The average molecular weight is 589 g/mol. The number of hydrogen-bond acceptors (Lipinski definition) is 16. The minimum atomic E-state index is -5.40. The van der Waals surface area contributed by atoms with Crippen LogP contribution in [0.1, 0.15) is 12.6 Å². The van der Waals surface area contributed by atoms with E-state index in [4.69, 9.17) is 20.3 Å². The highest BCUT2D eigenvalue weighted by molar-refractivity contribution is 7.61. The van der Waals surface area contributed by atoms with Gasteiger partial charge in [-0.1, -0.05) is 0 Å². The Kier molecular flexibility index (Phi) is 8.39. The molecule has 20 nitrogen and oxygen atoms in total. The third-order valence-electron chi connectivity index (χ3n) is 5.64. The first-order valence-electron chi connectivity index (χ1n) is 10.8. The number of H-pyrrole nitrogens is 1. The van der Waals surface area contributed by atoms with E-state index < -0.39 is 90.0 Å². The number of aromatic amines is 1. The van der Waals surface area contributed by atoms with Gasteiger partial charge in [0.2, 0.25) is 5.95 Å². The average Bonchev–Trinajstić information content (AvgIpc) is 3.35. The highest BCUT2D eigenvalue weighted by Crippen LogP contribution is 2.61. The molecule has 0 aliphatic carbocycles. The van der Waals surface area contributed by atoms with Crippen LogP contribution in [0, 0.1) is 0 Å². The fraction of sp³-hybridized carbons (Fsp3) is 0.688. The van der Waals surface area contributed by atoms with Gasteiger partial charge in [-0.05, 0) is 0 Å². The van der Waals surface area contributed by atoms with E-state index in [0.29, 0.717) is 0 Å². The van der Waals surface area contributed by atoms with E-state index in [1.165, 1.54) is 0 Å². The van der Waals surface area contributed by atoms with Crippen LogP contribution in [0.25, 0.3) is 11.2 Å². The number of anilines is 1. The van der Waals surface area contributed by atoms with Crippen molar-refractivity contribution in [2.75, 3.05) is 18.9 Å². The van der Waals surface area contributed by atoms with Crippen molar-refractivity contribution >= 4 is 32.8 Å². The van der Waals surface area contributed by atoms with Crippen LogP contribution in [0.3, 0.4) is 0 Å². The van der Waals surface area contributed by atoms with Crippen molar-refractivity contribution in [2.45, 2.75) is 55.6 Å². The van der Waals surface area contributed by atoms with Crippen LogP contribution < -0.4 is 11.3 Å². The number of imidazole rings is 1. The number of fused-ring (bicyclic) bond motifs is 1. The molecule has 2 fully saturated rings. The molecule has 2 unspecified atom stereocenters. The predicted octanol–water partition coefficient (Wildman–Crippen LogP) is -3.60. The molecular formula is C16H25N5O15P2. The van der Waals surface area contributed by atoms with Gasteiger partial charge in [0.15, 0.2) is 23.7 Å². The molecule has 10 atom stereocenters. The molecule has 38 heavy (non-hydrogen) atoms. The number of rotatable bonds is 9. The van der Waals surface area contributed by atoms with Crippen molar-refractivity contribution in [3.63, 3.8) is 0 Å². The summed E-state index contributed by atoms with van der Waals surface area (Å²) in [7, 11) is -10.8. The van der Waals surface area contributed by atoms with Crippen LogP contribution in [-0.4, -0.2) is 111 Å². The summed E-state index contributed by atoms with van der Waals surface area (Å²) >= 11 is 0. The number of nitrogen functional groups attached to an aromatic ring is 1. The first kappa shape index (κ1) is 29.1. The van der Waals surface area contributed by atoms with E-state index >= 15 is 0 Å². The molecule has 22 heteroatoms. The number of aliphatic hydroxyl groups excluding tert-OH is 5. The second-order valence-electron chi connectivity index (χ2n) is 8.32. The van der Waals surface area contributed by atoms with Gasteiger partial charge in [-0.3, -0.25) is 23.4 Å². The lowest BCUT2D eigenvalue weighted by molar-refractivity contribution is -0.233. The Morgan fingerprint density at radius 1 is 1.11 bits per heavy atom. The Balaban J connectivity index is 1.38. The molecule has 0 saturated carbocycles. The maximum absolute atomic E-state index is 12.3. The van der Waals surface area contributed by atoms with Crippen LogP contribution in [0.5, 0.6) is 0 Å². The monoisotopic (exact) mass is 589 g/mol. The van der Waals surface area contributed by atoms with Crippen LogP contribution in [0.15, 0.2) is 11.1 Å². The maximum atomic E-state index is 12.3. The Bertz CT molecular complexity index is 1310. The standard InChI is InChI=1S/C16H25N5O15P2/c17-16-19-13-9(14(27)20-16)18-4-21(13)15-12(26)11(25)7(34-15)3-32-37(28,29)36-38(30,31)35-8-1-5(23)10(24)6(2-22)33-8/h4-8,10-12,15,22-26H,1-3H2,(H,28,29)(H,30,31)(H3,17,19,20,27)/t5-,6-,7+,8+,10+,11+,12+,15+/m1/s1. The second kappa shape index (κ2) is 11.0. The molecule has 10 N–H and O–H groups in total. The molecule has 4 heterocycles. The van der Waals surface area contributed by atoms with E-state index in [1.54, 1.807) is 0 Å². The van der Waals surface area contributed by atoms with Crippen molar-refractivity contribution in [2.24, 2.45) is 0 Å². The van der Waals surface area contributed by atoms with Gasteiger partial charge in [0.05, 0.1) is 25.6 Å². The molecule has 2 aliphatic rings. The number of nitrogens with zero attached hydrogens (tertiary/aromatic N) is 3. The summed E-state index contributed by atoms with van der Waals surface area (Å²) in [6, 6.07) is 0. The zero-order valence-electron chi connectivity index (χ0n) is 19.0. The zero-order valence-corrected chi connectivity index (χ0v) is 20.8. The van der Waals surface area contributed by atoms with Gasteiger partial charge in [0.25, 0.3) is 5.56 Å². The van der Waals surface area contributed by atoms with Gasteiger partial charge in [-0.15, -0.1) is 0 Å². The van der Waals surface area contributed by atoms with Crippen LogP contribution in [0.4, 0.5) is 5.95 Å². The number of aromatic nitrogens is 4. The summed E-state index contributed by atoms with van der Waals surface area (Å²) in [4.78, 5) is 41.7. The molecule has 4 rings (SSSR count). The van der Waals surface area contributed by atoms with Gasteiger partial charge >= 0.3 is 15.6 Å². The Morgan fingerprint density at radius 2 is 1.82 bits per heavy atom. The largest absolute Gasteiger partial charge is 0.483 e. The van der Waals surface area contributed by atoms with E-state index in [9.17, 15) is 44.1 Å². The molecule has 2 aromatic heterocycles. The fourth-order valence-corrected chi connectivity index (χ4v) is 6.00. The number of nitrogens with one attached hydrogen (secondary N) is 1. The minimum absolute atomic E-state index is 0.0930. The summed E-state index contributed by atoms with van der Waals surface area (Å²) in [5, 5.41) is 49.3. The molecule has 0 amide bonds. The minimum Gasteiger partial charge on any atom is -0.394 e. The van der Waals surface area contributed by atoms with Gasteiger partial charge in [0, 0.05) is 6.42 Å². The molecular weight excluding hydrogens is 564 g/mol. The highest BCUT2D eigenvalue weighted by atomic mass is 31.3. The van der Waals surface area contributed by atoms with Crippen LogP contribution >= 0.6 is 15.6 Å². The Labute approximate surface area is 211 Å². The molecule has 0 spiro atoms. The van der Waals surface area contributed by atoms with E-state index in [1.807, 2.05) is 0 Å². The predicted molar refractivity (Wildman–Crippen MR) is 119 cm³/mol. The molecule has 214 valence electrons. The summed E-state index contributed by atoms with van der Waals surface area (Å²) in [6.45, 7) is -1.72. The summed E-state index contributed by atoms with van der Waals surface area (Å²) in [5.74, 6) is -0.262. The summed E-state index contributed by atoms with van der Waals surface area (Å²) in [5.41, 5.74) is 4.61. The number of ether oxygens (including phenoxy) is 2. The highest BCUT2D eigenvalue weighted by Gasteiger charge is 2.47. The van der Waals surface area contributed by atoms with Gasteiger partial charge in [-0.2, -0.15) is 9.29 Å². The van der Waals surface area contributed by atoms with E-state index in [-0.39, 0.29) is 17.1 Å².